The Morgan fingerprint density at radius 3 is 2.88 bits per heavy atom. The van der Waals surface area contributed by atoms with Crippen molar-refractivity contribution in [2.24, 2.45) is 0 Å². The van der Waals surface area contributed by atoms with Gasteiger partial charge in [-0.05, 0) is 36.6 Å². The molecule has 4 heteroatoms. The fourth-order valence-electron chi connectivity index (χ4n) is 1.83. The summed E-state index contributed by atoms with van der Waals surface area (Å²) >= 11 is 0. The molecule has 84 valence electrons. The molecule has 0 spiro atoms. The minimum atomic E-state index is -0.329. The Bertz CT molecular complexity index is 422. The van der Waals surface area contributed by atoms with Crippen LogP contribution in [-0.2, 0) is 6.54 Å². The zero-order chi connectivity index (χ0) is 11.5. The van der Waals surface area contributed by atoms with E-state index in [-0.39, 0.29) is 18.0 Å². The summed E-state index contributed by atoms with van der Waals surface area (Å²) in [6.07, 6.45) is 1.26. The summed E-state index contributed by atoms with van der Waals surface area (Å²) in [5.74, 6) is -0.329. The minimum Gasteiger partial charge on any atom is -0.393 e. The number of aliphatic hydroxyl groups is 1. The Balaban J connectivity index is 1.98. The lowest BCUT2D eigenvalue weighted by Gasteiger charge is -2.32. The zero-order valence-electron chi connectivity index (χ0n) is 8.78. The summed E-state index contributed by atoms with van der Waals surface area (Å²) in [6.45, 7) is 0.470. The fourth-order valence-corrected chi connectivity index (χ4v) is 1.83. The monoisotopic (exact) mass is 220 g/mol. The second-order valence-electron chi connectivity index (χ2n) is 4.12. The number of benzene rings is 1. The van der Waals surface area contributed by atoms with Gasteiger partial charge in [-0.3, -0.25) is 0 Å². The van der Waals surface area contributed by atoms with Gasteiger partial charge in [-0.25, -0.2) is 4.39 Å². The van der Waals surface area contributed by atoms with E-state index in [1.54, 1.807) is 0 Å². The quantitative estimate of drug-likeness (QED) is 0.807. The van der Waals surface area contributed by atoms with Crippen molar-refractivity contribution in [2.45, 2.75) is 31.5 Å². The average molecular weight is 220 g/mol. The summed E-state index contributed by atoms with van der Waals surface area (Å²) in [5.41, 5.74) is 1.16. The summed E-state index contributed by atoms with van der Waals surface area (Å²) in [5, 5.41) is 21.1. The first-order chi connectivity index (χ1) is 7.69. The van der Waals surface area contributed by atoms with E-state index in [0.717, 1.165) is 12.8 Å². The van der Waals surface area contributed by atoms with Crippen molar-refractivity contribution in [1.29, 1.82) is 5.26 Å². The molecule has 0 bridgehead atoms. The molecule has 2 N–H and O–H groups in total. The van der Waals surface area contributed by atoms with Crippen LogP contribution < -0.4 is 5.32 Å². The maximum atomic E-state index is 13.0. The number of nitrogens with zero attached hydrogens (tertiary/aromatic N) is 1. The molecule has 1 fully saturated rings. The van der Waals surface area contributed by atoms with Crippen LogP contribution in [-0.4, -0.2) is 17.3 Å². The highest BCUT2D eigenvalue weighted by atomic mass is 19.1. The van der Waals surface area contributed by atoms with E-state index in [2.05, 4.69) is 5.32 Å². The number of halogens is 1. The molecule has 1 aliphatic carbocycles. The van der Waals surface area contributed by atoms with Gasteiger partial charge in [0.2, 0.25) is 0 Å². The van der Waals surface area contributed by atoms with Gasteiger partial charge >= 0.3 is 0 Å². The van der Waals surface area contributed by atoms with Gasteiger partial charge in [0.05, 0.1) is 17.7 Å². The maximum Gasteiger partial charge on any atom is 0.123 e. The molecular weight excluding hydrogens is 207 g/mol. The molecule has 1 saturated carbocycles. The van der Waals surface area contributed by atoms with E-state index in [4.69, 9.17) is 10.4 Å². The third kappa shape index (κ3) is 2.38. The molecule has 0 aliphatic heterocycles. The molecule has 1 aromatic rings. The Labute approximate surface area is 93.5 Å². The molecule has 0 saturated heterocycles. The van der Waals surface area contributed by atoms with Gasteiger partial charge < -0.3 is 10.4 Å². The lowest BCUT2D eigenvalue weighted by atomic mass is 9.89. The van der Waals surface area contributed by atoms with E-state index in [1.807, 2.05) is 6.07 Å². The van der Waals surface area contributed by atoms with E-state index in [9.17, 15) is 4.39 Å². The van der Waals surface area contributed by atoms with Crippen molar-refractivity contribution in [1.82, 2.24) is 5.32 Å². The van der Waals surface area contributed by atoms with Gasteiger partial charge in [0.25, 0.3) is 0 Å². The number of aliphatic hydroxyl groups excluding tert-OH is 1. The molecule has 2 rings (SSSR count). The van der Waals surface area contributed by atoms with Gasteiger partial charge in [-0.2, -0.15) is 5.26 Å². The summed E-state index contributed by atoms with van der Waals surface area (Å²) in [6, 6.07) is 6.47. The lowest BCUT2D eigenvalue weighted by molar-refractivity contribution is 0.0619. The van der Waals surface area contributed by atoms with Crippen LogP contribution in [0.5, 0.6) is 0 Å². The highest BCUT2D eigenvalue weighted by Gasteiger charge is 2.26. The Morgan fingerprint density at radius 1 is 1.50 bits per heavy atom. The SMILES string of the molecule is N#Cc1ccc(F)cc1CNC1CC(O)C1. The second-order valence-corrected chi connectivity index (χ2v) is 4.12. The molecular formula is C12H13FN2O. The van der Waals surface area contributed by atoms with Crippen molar-refractivity contribution < 1.29 is 9.50 Å². The Morgan fingerprint density at radius 2 is 2.25 bits per heavy atom. The fraction of sp³-hybridized carbons (Fsp3) is 0.417. The van der Waals surface area contributed by atoms with E-state index >= 15 is 0 Å². The van der Waals surface area contributed by atoms with E-state index in [1.165, 1.54) is 18.2 Å². The molecule has 1 aliphatic rings. The normalized spacial score (nSPS) is 23.6. The van der Waals surface area contributed by atoms with Crippen molar-refractivity contribution in [3.8, 4) is 6.07 Å². The number of hydrogen-bond donors (Lipinski definition) is 2. The maximum absolute atomic E-state index is 13.0. The van der Waals surface area contributed by atoms with Gasteiger partial charge in [0.1, 0.15) is 5.82 Å². The molecule has 0 unspecified atom stereocenters. The standard InChI is InChI=1S/C12H13FN2O/c13-10-2-1-8(6-14)9(3-10)7-15-11-4-12(16)5-11/h1-3,11-12,15-16H,4-5,7H2. The first-order valence-corrected chi connectivity index (χ1v) is 5.29. The minimum absolute atomic E-state index is 0.208. The first kappa shape index (κ1) is 11.1. The van der Waals surface area contributed by atoms with Crippen LogP contribution in [0.15, 0.2) is 18.2 Å². The Kier molecular flexibility index (Phi) is 3.18. The van der Waals surface area contributed by atoms with Gasteiger partial charge in [-0.15, -0.1) is 0 Å². The predicted octanol–water partition coefficient (Wildman–Crippen LogP) is 1.31. The molecule has 0 aromatic heterocycles. The van der Waals surface area contributed by atoms with Crippen LogP contribution in [0.2, 0.25) is 0 Å². The molecule has 0 amide bonds. The van der Waals surface area contributed by atoms with Gasteiger partial charge in [0, 0.05) is 12.6 Å². The van der Waals surface area contributed by atoms with Crippen molar-refractivity contribution >= 4 is 0 Å². The molecule has 1 aromatic carbocycles. The van der Waals surface area contributed by atoms with Crippen LogP contribution in [0, 0.1) is 17.1 Å². The van der Waals surface area contributed by atoms with Crippen molar-refractivity contribution in [3.63, 3.8) is 0 Å². The lowest BCUT2D eigenvalue weighted by Crippen LogP contribution is -2.43. The van der Waals surface area contributed by atoms with Crippen LogP contribution in [0.3, 0.4) is 0 Å². The second kappa shape index (κ2) is 4.60. The van der Waals surface area contributed by atoms with Gasteiger partial charge in [0.15, 0.2) is 0 Å². The van der Waals surface area contributed by atoms with Gasteiger partial charge in [-0.1, -0.05) is 0 Å². The first-order valence-electron chi connectivity index (χ1n) is 5.29. The largest absolute Gasteiger partial charge is 0.393 e. The Hall–Kier alpha value is -1.44. The number of hydrogen-bond acceptors (Lipinski definition) is 3. The molecule has 0 heterocycles. The molecule has 3 nitrogen and oxygen atoms in total. The van der Waals surface area contributed by atoms with Crippen LogP contribution in [0.4, 0.5) is 4.39 Å². The molecule has 16 heavy (non-hydrogen) atoms. The third-order valence-corrected chi connectivity index (χ3v) is 2.88. The summed E-state index contributed by atoms with van der Waals surface area (Å²) in [4.78, 5) is 0. The third-order valence-electron chi connectivity index (χ3n) is 2.88. The van der Waals surface area contributed by atoms with Crippen molar-refractivity contribution in [2.75, 3.05) is 0 Å². The smallest absolute Gasteiger partial charge is 0.123 e. The number of nitrogens with one attached hydrogen (secondary N) is 1. The molecule has 0 radical (unpaired) electrons. The van der Waals surface area contributed by atoms with E-state index in [0.29, 0.717) is 17.7 Å². The summed E-state index contributed by atoms with van der Waals surface area (Å²) < 4.78 is 13.0. The summed E-state index contributed by atoms with van der Waals surface area (Å²) in [7, 11) is 0. The predicted molar refractivity (Wildman–Crippen MR) is 57.0 cm³/mol. The van der Waals surface area contributed by atoms with E-state index < -0.39 is 0 Å². The van der Waals surface area contributed by atoms with Crippen LogP contribution in [0.1, 0.15) is 24.0 Å². The highest BCUT2D eigenvalue weighted by molar-refractivity contribution is 5.37. The highest BCUT2D eigenvalue weighted by Crippen LogP contribution is 2.20. The van der Waals surface area contributed by atoms with Crippen LogP contribution >= 0.6 is 0 Å². The van der Waals surface area contributed by atoms with Crippen LogP contribution in [0.25, 0.3) is 0 Å². The number of rotatable bonds is 3. The average Bonchev–Trinajstić information content (AvgIpc) is 2.23. The van der Waals surface area contributed by atoms with Crippen molar-refractivity contribution in [3.05, 3.63) is 35.1 Å². The number of nitriles is 1. The topological polar surface area (TPSA) is 56.0 Å². The molecule has 0 atom stereocenters. The zero-order valence-corrected chi connectivity index (χ0v) is 8.78.